The summed E-state index contributed by atoms with van der Waals surface area (Å²) in [6.07, 6.45) is 1.53. The minimum absolute atomic E-state index is 0. The van der Waals surface area contributed by atoms with Crippen molar-refractivity contribution in [2.75, 3.05) is 0 Å². The number of nitrogens with zero attached hydrogens (tertiary/aromatic N) is 4. The van der Waals surface area contributed by atoms with Gasteiger partial charge in [-0.1, -0.05) is 0 Å². The van der Waals surface area contributed by atoms with E-state index in [0.717, 1.165) is 0 Å². The maximum Gasteiger partial charge on any atom is 2.00 e. The van der Waals surface area contributed by atoms with Gasteiger partial charge in [-0.25, -0.2) is 4.68 Å². The number of aromatic nitrogens is 4. The van der Waals surface area contributed by atoms with E-state index < -0.39 is 21.6 Å². The van der Waals surface area contributed by atoms with Gasteiger partial charge in [0.2, 0.25) is 0 Å². The van der Waals surface area contributed by atoms with Crippen molar-refractivity contribution in [1.29, 1.82) is 0 Å². The number of halogens is 2. The molecule has 0 saturated carbocycles. The molecule has 1 aromatic rings. The minimum atomic E-state index is -2.85. The van der Waals surface area contributed by atoms with Gasteiger partial charge in [-0.15, -0.1) is 5.10 Å². The van der Waals surface area contributed by atoms with Gasteiger partial charge >= 0.3 is 17.1 Å². The van der Waals surface area contributed by atoms with E-state index in [1.54, 1.807) is 7.05 Å². The van der Waals surface area contributed by atoms with E-state index in [-0.39, 0.29) is 17.1 Å². The number of hydrogen-bond donors (Lipinski definition) is 0. The molecule has 0 aromatic carbocycles. The Morgan fingerprint density at radius 2 is 1.33 bits per heavy atom. The summed E-state index contributed by atoms with van der Waals surface area (Å²) in [6, 6.07) is 0. The molecule has 15 heavy (non-hydrogen) atoms. The summed E-state index contributed by atoms with van der Waals surface area (Å²) in [5.41, 5.74) is 0. The van der Waals surface area contributed by atoms with Crippen LogP contribution in [0.3, 0.4) is 0 Å². The van der Waals surface area contributed by atoms with Gasteiger partial charge in [0.15, 0.2) is 0 Å². The molecule has 1 heterocycles. The first-order valence-corrected chi connectivity index (χ1v) is 4.34. The molecule has 0 spiro atoms. The molecule has 0 saturated heterocycles. The van der Waals surface area contributed by atoms with E-state index in [0.29, 0.717) is 0 Å². The first kappa shape index (κ1) is 20.4. The predicted molar refractivity (Wildman–Crippen MR) is 18.8 cm³/mol. The van der Waals surface area contributed by atoms with Crippen LogP contribution < -0.4 is 28.0 Å². The van der Waals surface area contributed by atoms with Crippen LogP contribution in [0.5, 0.6) is 0 Å². The van der Waals surface area contributed by atoms with Crippen molar-refractivity contribution >= 4 is 0 Å². The standard InChI is InChI=1S/C2H4N4.2ClO3.Cu/c1-6-2-3-4-5-6;2*2-1(3)4;/h2H,1H3;;;/q;2*-1;+2. The molecule has 0 amide bonds. The Morgan fingerprint density at radius 3 is 1.40 bits per heavy atom. The van der Waals surface area contributed by atoms with Crippen LogP contribution in [-0.2, 0) is 24.1 Å². The molecular weight excluding hydrogens is 310 g/mol. The quantitative estimate of drug-likeness (QED) is 0.419. The Hall–Kier alpha value is -0.0705. The molecule has 0 aliphatic rings. The third kappa shape index (κ3) is 41.3. The average Bonchev–Trinajstić information content (AvgIpc) is 2.36. The molecule has 0 unspecified atom stereocenters. The molecule has 13 heteroatoms. The number of hydrogen-bond acceptors (Lipinski definition) is 9. The molecule has 1 rings (SSSR count). The van der Waals surface area contributed by atoms with Gasteiger partial charge in [0.05, 0.1) is 21.6 Å². The Bertz CT molecular complexity index is 188. The van der Waals surface area contributed by atoms with Crippen molar-refractivity contribution in [3.8, 4) is 0 Å². The van der Waals surface area contributed by atoms with E-state index >= 15 is 0 Å². The first-order chi connectivity index (χ1) is 6.36. The fourth-order valence-electron chi connectivity index (χ4n) is 0.207. The number of aryl methyl sites for hydroxylation is 1. The normalized spacial score (nSPS) is 8.33. The third-order valence-corrected chi connectivity index (χ3v) is 0.451. The molecule has 0 fully saturated rings. The molecule has 0 N–H and O–H groups in total. The van der Waals surface area contributed by atoms with Crippen LogP contribution in [0.4, 0.5) is 0 Å². The summed E-state index contributed by atoms with van der Waals surface area (Å²) in [5, 5.41) is 10.2. The van der Waals surface area contributed by atoms with Crippen LogP contribution in [-0.4, -0.2) is 20.2 Å². The Balaban J connectivity index is -0.000000145. The van der Waals surface area contributed by atoms with Crippen molar-refractivity contribution < 1.29 is 66.6 Å². The van der Waals surface area contributed by atoms with Crippen LogP contribution >= 0.6 is 0 Å². The molecule has 0 aliphatic carbocycles. The van der Waals surface area contributed by atoms with E-state index in [1.165, 1.54) is 11.0 Å². The SMILES string of the molecule is Cn1cnnn1.[Cu+2].[O-][Cl+2]([O-])[O-].[O-][Cl+2]([O-])[O-]. The Labute approximate surface area is 100 Å². The van der Waals surface area contributed by atoms with Gasteiger partial charge in [-0.2, -0.15) is 0 Å². The largest absolute Gasteiger partial charge is 2.00 e. The first-order valence-electron chi connectivity index (χ1n) is 2.49. The van der Waals surface area contributed by atoms with Crippen molar-refractivity contribution in [2.45, 2.75) is 0 Å². The molecule has 10 nitrogen and oxygen atoms in total. The van der Waals surface area contributed by atoms with Gasteiger partial charge < -0.3 is 28.0 Å². The van der Waals surface area contributed by atoms with Crippen molar-refractivity contribution in [3.05, 3.63) is 6.33 Å². The van der Waals surface area contributed by atoms with Gasteiger partial charge in [0, 0.05) is 7.05 Å². The van der Waals surface area contributed by atoms with Crippen molar-refractivity contribution in [3.63, 3.8) is 0 Å². The van der Waals surface area contributed by atoms with Gasteiger partial charge in [0.25, 0.3) is 0 Å². The molecule has 93 valence electrons. The minimum Gasteiger partial charge on any atom is -0.357 e. The Kier molecular flexibility index (Phi) is 18.9. The van der Waals surface area contributed by atoms with Crippen LogP contribution in [0.1, 0.15) is 0 Å². The van der Waals surface area contributed by atoms with Crippen LogP contribution in [0.15, 0.2) is 6.33 Å². The topological polar surface area (TPSA) is 182 Å². The summed E-state index contributed by atoms with van der Waals surface area (Å²) in [5.74, 6) is 0. The fourth-order valence-corrected chi connectivity index (χ4v) is 0.207. The predicted octanol–water partition coefficient (Wildman–Crippen LogP) is -7.93. The van der Waals surface area contributed by atoms with Crippen molar-refractivity contribution in [1.82, 2.24) is 20.2 Å². The van der Waals surface area contributed by atoms with Crippen LogP contribution in [0.2, 0.25) is 0 Å². The second-order valence-corrected chi connectivity index (χ2v) is 2.12. The Morgan fingerprint density at radius 1 is 1.00 bits per heavy atom. The second-order valence-electron chi connectivity index (χ2n) is 1.36. The van der Waals surface area contributed by atoms with Crippen molar-refractivity contribution in [2.24, 2.45) is 7.05 Å². The summed E-state index contributed by atoms with van der Waals surface area (Å²) in [4.78, 5) is 0. The maximum absolute atomic E-state index is 8.41. The van der Waals surface area contributed by atoms with E-state index in [9.17, 15) is 0 Å². The monoisotopic (exact) mass is 313 g/mol. The molecular formula is C2H4Cl2CuN4O6. The zero-order chi connectivity index (χ0) is 11.6. The second kappa shape index (κ2) is 13.9. The fraction of sp³-hybridized carbons (Fsp3) is 0.500. The maximum atomic E-state index is 8.41. The molecule has 1 radical (unpaired) electrons. The van der Waals surface area contributed by atoms with Gasteiger partial charge in [0.1, 0.15) is 6.33 Å². The van der Waals surface area contributed by atoms with E-state index in [2.05, 4.69) is 15.5 Å². The van der Waals surface area contributed by atoms with Crippen LogP contribution in [0, 0.1) is 21.6 Å². The number of rotatable bonds is 0. The summed E-state index contributed by atoms with van der Waals surface area (Å²) in [7, 11) is -3.94. The third-order valence-electron chi connectivity index (χ3n) is 0.451. The van der Waals surface area contributed by atoms with Gasteiger partial charge in [-0.05, 0) is 10.4 Å². The average molecular weight is 315 g/mol. The summed E-state index contributed by atoms with van der Waals surface area (Å²) >= 11 is 0. The van der Waals surface area contributed by atoms with Gasteiger partial charge in [-0.3, -0.25) is 0 Å². The molecule has 0 atom stereocenters. The smallest absolute Gasteiger partial charge is 0.357 e. The molecule has 1 aromatic heterocycles. The molecule has 0 aliphatic heterocycles. The van der Waals surface area contributed by atoms with E-state index in [4.69, 9.17) is 28.0 Å². The zero-order valence-corrected chi connectivity index (χ0v) is 9.33. The molecule has 0 bridgehead atoms. The van der Waals surface area contributed by atoms with Crippen LogP contribution in [0.25, 0.3) is 0 Å². The van der Waals surface area contributed by atoms with E-state index in [1.807, 2.05) is 0 Å². The zero-order valence-electron chi connectivity index (χ0n) is 6.87. The number of tetrazole rings is 1. The summed E-state index contributed by atoms with van der Waals surface area (Å²) in [6.45, 7) is 0. The summed E-state index contributed by atoms with van der Waals surface area (Å²) < 4.78 is 52.0.